The van der Waals surface area contributed by atoms with Crippen LogP contribution in [0.15, 0.2) is 0 Å². The van der Waals surface area contributed by atoms with Gasteiger partial charge in [0, 0.05) is 12.1 Å². The van der Waals surface area contributed by atoms with Crippen LogP contribution in [-0.2, 0) is 14.6 Å². The van der Waals surface area contributed by atoms with Gasteiger partial charge in [-0.1, -0.05) is 12.8 Å². The smallest absolute Gasteiger partial charge is 0.234 e. The second-order valence-electron chi connectivity index (χ2n) is 6.00. The van der Waals surface area contributed by atoms with E-state index in [0.717, 1.165) is 25.7 Å². The highest BCUT2D eigenvalue weighted by atomic mass is 32.2. The molecule has 1 saturated heterocycles. The lowest BCUT2D eigenvalue weighted by molar-refractivity contribution is -0.123. The molecule has 0 aromatic rings. The zero-order chi connectivity index (χ0) is 14.8. The summed E-state index contributed by atoms with van der Waals surface area (Å²) in [5.41, 5.74) is 0. The number of aliphatic hydroxyl groups excluding tert-OH is 1. The number of rotatable bonds is 4. The first-order valence-electron chi connectivity index (χ1n) is 7.25. The molecule has 1 aliphatic heterocycles. The summed E-state index contributed by atoms with van der Waals surface area (Å²) in [5.74, 6) is 0.0521. The van der Waals surface area contributed by atoms with Gasteiger partial charge in [0.2, 0.25) is 5.91 Å². The zero-order valence-corrected chi connectivity index (χ0v) is 12.7. The van der Waals surface area contributed by atoms with Crippen LogP contribution >= 0.6 is 0 Å². The van der Waals surface area contributed by atoms with Crippen LogP contribution in [0.25, 0.3) is 0 Å². The number of amides is 1. The van der Waals surface area contributed by atoms with E-state index in [9.17, 15) is 18.3 Å². The Bertz CT molecular complexity index is 451. The van der Waals surface area contributed by atoms with Crippen molar-refractivity contribution in [2.45, 2.75) is 50.3 Å². The van der Waals surface area contributed by atoms with Crippen molar-refractivity contribution >= 4 is 15.7 Å². The summed E-state index contributed by atoms with van der Waals surface area (Å²) in [6.45, 7) is 0.207. The Hall–Kier alpha value is -0.660. The monoisotopic (exact) mass is 304 g/mol. The molecule has 3 unspecified atom stereocenters. The van der Waals surface area contributed by atoms with Gasteiger partial charge in [0.15, 0.2) is 9.84 Å². The largest absolute Gasteiger partial charge is 0.391 e. The maximum atomic E-state index is 11.9. The van der Waals surface area contributed by atoms with Crippen LogP contribution in [-0.4, -0.2) is 67.6 Å². The molecule has 6 nitrogen and oxygen atoms in total. The van der Waals surface area contributed by atoms with E-state index in [0.29, 0.717) is 6.42 Å². The molecule has 0 spiro atoms. The van der Waals surface area contributed by atoms with Gasteiger partial charge in [0.05, 0.1) is 24.2 Å². The Labute approximate surface area is 120 Å². The summed E-state index contributed by atoms with van der Waals surface area (Å²) in [4.78, 5) is 13.8. The molecule has 1 heterocycles. The summed E-state index contributed by atoms with van der Waals surface area (Å²) in [6, 6.07) is -0.223. The Morgan fingerprint density at radius 1 is 1.30 bits per heavy atom. The molecule has 2 aliphatic rings. The molecule has 0 aromatic heterocycles. The number of nitrogens with zero attached hydrogens (tertiary/aromatic N) is 1. The molecule has 7 heteroatoms. The minimum atomic E-state index is -2.97. The van der Waals surface area contributed by atoms with Crippen LogP contribution in [0, 0.1) is 0 Å². The molecule has 1 aliphatic carbocycles. The van der Waals surface area contributed by atoms with Crippen molar-refractivity contribution in [2.24, 2.45) is 0 Å². The predicted octanol–water partition coefficient (Wildman–Crippen LogP) is -0.475. The fourth-order valence-electron chi connectivity index (χ4n) is 3.13. The van der Waals surface area contributed by atoms with Crippen LogP contribution in [0.1, 0.15) is 32.1 Å². The Kier molecular flexibility index (Phi) is 5.04. The maximum absolute atomic E-state index is 11.9. The van der Waals surface area contributed by atoms with Gasteiger partial charge in [-0.25, -0.2) is 8.42 Å². The Morgan fingerprint density at radius 2 is 2.00 bits per heavy atom. The normalized spacial score (nSPS) is 33.2. The maximum Gasteiger partial charge on any atom is 0.234 e. The van der Waals surface area contributed by atoms with Crippen molar-refractivity contribution in [3.8, 4) is 0 Å². The summed E-state index contributed by atoms with van der Waals surface area (Å²) in [5, 5.41) is 12.7. The van der Waals surface area contributed by atoms with E-state index in [4.69, 9.17) is 0 Å². The standard InChI is InChI=1S/C13H24N2O4S/c1-15(11-4-2-3-5-12(11)16)8-13(17)14-10-6-7-20(18,19)9-10/h10-12,16H,2-9H2,1H3,(H,14,17). The van der Waals surface area contributed by atoms with Gasteiger partial charge in [0.1, 0.15) is 0 Å². The second-order valence-corrected chi connectivity index (χ2v) is 8.23. The summed E-state index contributed by atoms with van der Waals surface area (Å²) in [6.07, 6.45) is 3.95. The fourth-order valence-corrected chi connectivity index (χ4v) is 4.81. The first-order valence-corrected chi connectivity index (χ1v) is 9.07. The predicted molar refractivity (Wildman–Crippen MR) is 76.1 cm³/mol. The van der Waals surface area contributed by atoms with Gasteiger partial charge in [-0.05, 0) is 26.3 Å². The van der Waals surface area contributed by atoms with Crippen molar-refractivity contribution in [3.63, 3.8) is 0 Å². The van der Waals surface area contributed by atoms with Gasteiger partial charge in [-0.15, -0.1) is 0 Å². The highest BCUT2D eigenvalue weighted by molar-refractivity contribution is 7.91. The Balaban J connectivity index is 1.79. The highest BCUT2D eigenvalue weighted by Gasteiger charge is 2.31. The van der Waals surface area contributed by atoms with E-state index in [1.54, 1.807) is 0 Å². The molecule has 2 rings (SSSR count). The molecule has 1 amide bonds. The van der Waals surface area contributed by atoms with Crippen LogP contribution < -0.4 is 5.32 Å². The van der Waals surface area contributed by atoms with Crippen LogP contribution in [0.5, 0.6) is 0 Å². The average molecular weight is 304 g/mol. The van der Waals surface area contributed by atoms with Crippen LogP contribution in [0.3, 0.4) is 0 Å². The minimum absolute atomic E-state index is 0.0295. The molecule has 2 fully saturated rings. The molecule has 116 valence electrons. The van der Waals surface area contributed by atoms with E-state index in [1.165, 1.54) is 0 Å². The van der Waals surface area contributed by atoms with E-state index in [1.807, 2.05) is 11.9 Å². The number of nitrogens with one attached hydrogen (secondary N) is 1. The van der Waals surface area contributed by atoms with Gasteiger partial charge in [-0.3, -0.25) is 9.69 Å². The van der Waals surface area contributed by atoms with Crippen molar-refractivity contribution in [2.75, 3.05) is 25.1 Å². The SMILES string of the molecule is CN(CC(=O)NC1CCS(=O)(=O)C1)C1CCCCC1O. The van der Waals surface area contributed by atoms with E-state index in [-0.39, 0.29) is 42.1 Å². The van der Waals surface area contributed by atoms with Crippen molar-refractivity contribution in [1.82, 2.24) is 10.2 Å². The van der Waals surface area contributed by atoms with Gasteiger partial charge in [-0.2, -0.15) is 0 Å². The van der Waals surface area contributed by atoms with Gasteiger partial charge >= 0.3 is 0 Å². The average Bonchev–Trinajstić information content (AvgIpc) is 2.68. The number of hydrogen-bond acceptors (Lipinski definition) is 5. The van der Waals surface area contributed by atoms with Crippen molar-refractivity contribution < 1.29 is 18.3 Å². The molecule has 0 radical (unpaired) electrons. The molecule has 1 saturated carbocycles. The van der Waals surface area contributed by atoms with E-state index in [2.05, 4.69) is 5.32 Å². The number of hydrogen-bond donors (Lipinski definition) is 2. The number of sulfone groups is 1. The number of carbonyl (C=O) groups excluding carboxylic acids is 1. The number of aliphatic hydroxyl groups is 1. The Morgan fingerprint density at radius 3 is 2.60 bits per heavy atom. The lowest BCUT2D eigenvalue weighted by Crippen LogP contribution is -2.49. The summed E-state index contributed by atoms with van der Waals surface area (Å²) < 4.78 is 22.7. The van der Waals surface area contributed by atoms with E-state index < -0.39 is 9.84 Å². The molecule has 0 bridgehead atoms. The first-order chi connectivity index (χ1) is 9.37. The second kappa shape index (κ2) is 6.41. The third-order valence-corrected chi connectivity index (χ3v) is 6.02. The highest BCUT2D eigenvalue weighted by Crippen LogP contribution is 2.22. The number of carbonyl (C=O) groups is 1. The summed E-state index contributed by atoms with van der Waals surface area (Å²) in [7, 11) is -1.13. The van der Waals surface area contributed by atoms with Crippen LogP contribution in [0.2, 0.25) is 0 Å². The first kappa shape index (κ1) is 15.7. The molecule has 20 heavy (non-hydrogen) atoms. The van der Waals surface area contributed by atoms with Crippen molar-refractivity contribution in [3.05, 3.63) is 0 Å². The lowest BCUT2D eigenvalue weighted by atomic mass is 9.91. The fraction of sp³-hybridized carbons (Fsp3) is 0.923. The van der Waals surface area contributed by atoms with Gasteiger partial charge < -0.3 is 10.4 Å². The molecular formula is C13H24N2O4S. The third kappa shape index (κ3) is 4.17. The number of likely N-dealkylation sites (N-methyl/N-ethyl adjacent to an activating group) is 1. The topological polar surface area (TPSA) is 86.7 Å². The third-order valence-electron chi connectivity index (χ3n) is 4.25. The van der Waals surface area contributed by atoms with Crippen molar-refractivity contribution in [1.29, 1.82) is 0 Å². The molecular weight excluding hydrogens is 280 g/mol. The molecule has 3 atom stereocenters. The lowest BCUT2D eigenvalue weighted by Gasteiger charge is -2.34. The minimum Gasteiger partial charge on any atom is -0.391 e. The van der Waals surface area contributed by atoms with Crippen LogP contribution in [0.4, 0.5) is 0 Å². The molecule has 0 aromatic carbocycles. The van der Waals surface area contributed by atoms with E-state index >= 15 is 0 Å². The quantitative estimate of drug-likeness (QED) is 0.733. The molecule has 2 N–H and O–H groups in total. The summed E-state index contributed by atoms with van der Waals surface area (Å²) >= 11 is 0. The van der Waals surface area contributed by atoms with Gasteiger partial charge in [0.25, 0.3) is 0 Å². The zero-order valence-electron chi connectivity index (χ0n) is 11.9.